The molecule has 150 valence electrons. The fraction of sp³-hybridized carbons (Fsp3) is 0.619. The highest BCUT2D eigenvalue weighted by molar-refractivity contribution is 5.87. The SMILES string of the molecule is COc1cccc2c1C[C@@](NC(=O)OCC(C)C)(C(=O)OC(C)(C)C)CC2. The lowest BCUT2D eigenvalue weighted by molar-refractivity contribution is -0.163. The van der Waals surface area contributed by atoms with E-state index >= 15 is 0 Å². The number of carbonyl (C=O) groups excluding carboxylic acids is 2. The molecular weight excluding hydrogens is 346 g/mol. The lowest BCUT2D eigenvalue weighted by atomic mass is 9.77. The van der Waals surface area contributed by atoms with Crippen LogP contribution in [0.4, 0.5) is 4.79 Å². The minimum Gasteiger partial charge on any atom is -0.496 e. The molecule has 0 heterocycles. The number of fused-ring (bicyclic) bond motifs is 1. The van der Waals surface area contributed by atoms with Crippen molar-refractivity contribution >= 4 is 12.1 Å². The van der Waals surface area contributed by atoms with Gasteiger partial charge >= 0.3 is 12.1 Å². The summed E-state index contributed by atoms with van der Waals surface area (Å²) in [6.07, 6.45) is 0.778. The van der Waals surface area contributed by atoms with Crippen LogP contribution in [0.2, 0.25) is 0 Å². The Kier molecular flexibility index (Phi) is 6.39. The molecule has 0 unspecified atom stereocenters. The molecule has 1 aromatic carbocycles. The summed E-state index contributed by atoms with van der Waals surface area (Å²) < 4.78 is 16.4. The number of carbonyl (C=O) groups is 2. The van der Waals surface area contributed by atoms with E-state index in [9.17, 15) is 9.59 Å². The third kappa shape index (κ3) is 5.37. The topological polar surface area (TPSA) is 73.9 Å². The summed E-state index contributed by atoms with van der Waals surface area (Å²) in [5.41, 5.74) is 0.199. The molecule has 27 heavy (non-hydrogen) atoms. The van der Waals surface area contributed by atoms with Crippen molar-refractivity contribution in [2.45, 2.75) is 65.0 Å². The molecule has 0 saturated carbocycles. The molecule has 0 spiro atoms. The summed E-state index contributed by atoms with van der Waals surface area (Å²) in [7, 11) is 1.60. The van der Waals surface area contributed by atoms with Crippen molar-refractivity contribution in [2.24, 2.45) is 5.92 Å². The van der Waals surface area contributed by atoms with Crippen LogP contribution in [0.25, 0.3) is 0 Å². The van der Waals surface area contributed by atoms with E-state index in [-0.39, 0.29) is 12.5 Å². The van der Waals surface area contributed by atoms with Gasteiger partial charge in [-0.2, -0.15) is 0 Å². The predicted octanol–water partition coefficient (Wildman–Crippen LogP) is 3.65. The Morgan fingerprint density at radius 1 is 1.26 bits per heavy atom. The van der Waals surface area contributed by atoms with Crippen LogP contribution in [0.3, 0.4) is 0 Å². The largest absolute Gasteiger partial charge is 0.496 e. The Morgan fingerprint density at radius 2 is 1.96 bits per heavy atom. The van der Waals surface area contributed by atoms with Crippen LogP contribution < -0.4 is 10.1 Å². The first-order valence-corrected chi connectivity index (χ1v) is 9.39. The second-order valence-corrected chi connectivity index (χ2v) is 8.48. The monoisotopic (exact) mass is 377 g/mol. The highest BCUT2D eigenvalue weighted by Gasteiger charge is 2.46. The van der Waals surface area contributed by atoms with E-state index in [1.165, 1.54) is 0 Å². The number of hydrogen-bond donors (Lipinski definition) is 1. The van der Waals surface area contributed by atoms with Crippen molar-refractivity contribution in [3.63, 3.8) is 0 Å². The van der Waals surface area contributed by atoms with Gasteiger partial charge in [-0.15, -0.1) is 0 Å². The highest BCUT2D eigenvalue weighted by atomic mass is 16.6. The highest BCUT2D eigenvalue weighted by Crippen LogP contribution is 2.36. The number of benzene rings is 1. The first-order chi connectivity index (χ1) is 12.6. The molecule has 1 atom stereocenters. The quantitative estimate of drug-likeness (QED) is 0.793. The zero-order valence-corrected chi connectivity index (χ0v) is 17.2. The maximum absolute atomic E-state index is 13.1. The second-order valence-electron chi connectivity index (χ2n) is 8.48. The number of aryl methyl sites for hydroxylation is 1. The number of nitrogens with one attached hydrogen (secondary N) is 1. The molecule has 6 nitrogen and oxygen atoms in total. The van der Waals surface area contributed by atoms with Gasteiger partial charge in [0.25, 0.3) is 0 Å². The van der Waals surface area contributed by atoms with Crippen molar-refractivity contribution in [2.75, 3.05) is 13.7 Å². The summed E-state index contributed by atoms with van der Waals surface area (Å²) in [5, 5.41) is 2.81. The van der Waals surface area contributed by atoms with E-state index in [2.05, 4.69) is 5.32 Å². The summed E-state index contributed by atoms with van der Waals surface area (Å²) in [5.74, 6) is 0.464. The smallest absolute Gasteiger partial charge is 0.408 e. The Bertz CT molecular complexity index is 678. The summed E-state index contributed by atoms with van der Waals surface area (Å²) in [6, 6.07) is 5.82. The van der Waals surface area contributed by atoms with Crippen molar-refractivity contribution in [3.05, 3.63) is 29.3 Å². The molecule has 0 fully saturated rings. The number of rotatable bonds is 5. The molecule has 6 heteroatoms. The normalized spacial score (nSPS) is 19.2. The maximum Gasteiger partial charge on any atom is 0.408 e. The van der Waals surface area contributed by atoms with Crippen molar-refractivity contribution in [1.82, 2.24) is 5.32 Å². The van der Waals surface area contributed by atoms with Crippen LogP contribution in [0.1, 0.15) is 52.2 Å². The Labute approximate surface area is 161 Å². The molecule has 0 bridgehead atoms. The predicted molar refractivity (Wildman–Crippen MR) is 103 cm³/mol. The van der Waals surface area contributed by atoms with Crippen molar-refractivity contribution in [3.8, 4) is 5.75 Å². The Balaban J connectivity index is 2.33. The average Bonchev–Trinajstić information content (AvgIpc) is 2.57. The Hall–Kier alpha value is -2.24. The molecule has 1 aliphatic carbocycles. The van der Waals surface area contributed by atoms with E-state index in [4.69, 9.17) is 14.2 Å². The van der Waals surface area contributed by atoms with Crippen LogP contribution in [-0.2, 0) is 27.1 Å². The molecular formula is C21H31NO5. The first-order valence-electron chi connectivity index (χ1n) is 9.39. The zero-order valence-electron chi connectivity index (χ0n) is 17.2. The molecule has 1 N–H and O–H groups in total. The third-order valence-electron chi connectivity index (χ3n) is 4.43. The molecule has 0 saturated heterocycles. The first kappa shape index (κ1) is 21.1. The number of hydrogen-bond acceptors (Lipinski definition) is 5. The molecule has 1 aromatic rings. The molecule has 2 rings (SSSR count). The summed E-state index contributed by atoms with van der Waals surface area (Å²) in [6.45, 7) is 9.64. The summed E-state index contributed by atoms with van der Waals surface area (Å²) in [4.78, 5) is 25.5. The molecule has 0 aromatic heterocycles. The number of alkyl carbamates (subject to hydrolysis) is 1. The van der Waals surface area contributed by atoms with Gasteiger partial charge in [-0.3, -0.25) is 0 Å². The van der Waals surface area contributed by atoms with Gasteiger partial charge in [-0.25, -0.2) is 9.59 Å². The lowest BCUT2D eigenvalue weighted by Gasteiger charge is -2.38. The summed E-state index contributed by atoms with van der Waals surface area (Å²) >= 11 is 0. The van der Waals surface area contributed by atoms with Gasteiger partial charge < -0.3 is 19.5 Å². The van der Waals surface area contributed by atoms with Crippen LogP contribution >= 0.6 is 0 Å². The number of ether oxygens (including phenoxy) is 3. The molecule has 1 aliphatic rings. The van der Waals surface area contributed by atoms with E-state index < -0.39 is 23.2 Å². The van der Waals surface area contributed by atoms with Crippen molar-refractivity contribution < 1.29 is 23.8 Å². The third-order valence-corrected chi connectivity index (χ3v) is 4.43. The fourth-order valence-electron chi connectivity index (χ4n) is 3.16. The van der Waals surface area contributed by atoms with Gasteiger partial charge in [0.1, 0.15) is 16.9 Å². The van der Waals surface area contributed by atoms with Gasteiger partial charge in [0.2, 0.25) is 0 Å². The average molecular weight is 377 g/mol. The van der Waals surface area contributed by atoms with Gasteiger partial charge in [0, 0.05) is 12.0 Å². The second kappa shape index (κ2) is 8.19. The van der Waals surface area contributed by atoms with Gasteiger partial charge in [0.15, 0.2) is 0 Å². The molecule has 0 aliphatic heterocycles. The van der Waals surface area contributed by atoms with Crippen LogP contribution in [0.15, 0.2) is 18.2 Å². The number of methoxy groups -OCH3 is 1. The van der Waals surface area contributed by atoms with Crippen molar-refractivity contribution in [1.29, 1.82) is 0 Å². The van der Waals surface area contributed by atoms with Crippen LogP contribution in [0, 0.1) is 5.92 Å². The minimum absolute atomic E-state index is 0.209. The molecule has 0 radical (unpaired) electrons. The maximum atomic E-state index is 13.1. The standard InChI is InChI=1S/C21H31NO5/c1-14(2)13-26-19(24)22-21(18(23)27-20(3,4)5)11-10-15-8-7-9-17(25-6)16(15)12-21/h7-9,14H,10-13H2,1-6H3,(H,22,24)/t21-/m1/s1. The number of amides is 1. The van der Waals surface area contributed by atoms with E-state index in [0.29, 0.717) is 25.0 Å². The van der Waals surface area contributed by atoms with E-state index in [1.807, 2.05) is 52.8 Å². The van der Waals surface area contributed by atoms with Gasteiger partial charge in [-0.05, 0) is 51.2 Å². The minimum atomic E-state index is -1.18. The lowest BCUT2D eigenvalue weighted by Crippen LogP contribution is -2.59. The van der Waals surface area contributed by atoms with Crippen LogP contribution in [0.5, 0.6) is 5.75 Å². The van der Waals surface area contributed by atoms with E-state index in [1.54, 1.807) is 7.11 Å². The van der Waals surface area contributed by atoms with Crippen LogP contribution in [-0.4, -0.2) is 36.9 Å². The van der Waals surface area contributed by atoms with Gasteiger partial charge in [0.05, 0.1) is 13.7 Å². The number of esters is 1. The van der Waals surface area contributed by atoms with Gasteiger partial charge in [-0.1, -0.05) is 26.0 Å². The fourth-order valence-corrected chi connectivity index (χ4v) is 3.16. The molecule has 1 amide bonds. The van der Waals surface area contributed by atoms with E-state index in [0.717, 1.165) is 11.1 Å². The Morgan fingerprint density at radius 3 is 2.56 bits per heavy atom. The zero-order chi connectivity index (χ0) is 20.2.